The number of rotatable bonds is 6. The summed E-state index contributed by atoms with van der Waals surface area (Å²) in [6.07, 6.45) is 2.00. The van der Waals surface area contributed by atoms with E-state index in [1.54, 1.807) is 6.07 Å². The molecule has 0 unspecified atom stereocenters. The summed E-state index contributed by atoms with van der Waals surface area (Å²) in [6, 6.07) is 3.51. The average Bonchev–Trinajstić information content (AvgIpc) is 2.89. The molecule has 0 amide bonds. The molecule has 2 heterocycles. The van der Waals surface area contributed by atoms with Crippen LogP contribution >= 0.6 is 11.3 Å². The van der Waals surface area contributed by atoms with Crippen molar-refractivity contribution in [1.29, 1.82) is 0 Å². The summed E-state index contributed by atoms with van der Waals surface area (Å²) in [6.45, 7) is 3.70. The van der Waals surface area contributed by atoms with Gasteiger partial charge >= 0.3 is 0 Å². The van der Waals surface area contributed by atoms with Crippen molar-refractivity contribution in [3.05, 3.63) is 17.0 Å². The second-order valence-electron chi connectivity index (χ2n) is 4.29. The number of hydrogen-bond donors (Lipinski definition) is 1. The summed E-state index contributed by atoms with van der Waals surface area (Å²) >= 11 is 1.31. The minimum Gasteiger partial charge on any atom is -0.353 e. The number of hydrogen-bond acceptors (Lipinski definition) is 5. The normalized spacial score (nSPS) is 17.7. The molecular weight excluding hydrogens is 286 g/mol. The lowest BCUT2D eigenvalue weighted by atomic mass is 10.4. The Labute approximate surface area is 118 Å². The number of aryl methyl sites for hydroxylation is 1. The highest BCUT2D eigenvalue weighted by Gasteiger charge is 2.18. The molecule has 1 N–H and O–H groups in total. The van der Waals surface area contributed by atoms with Crippen LogP contribution in [0.2, 0.25) is 0 Å². The smallest absolute Gasteiger partial charge is 0.250 e. The monoisotopic (exact) mass is 305 g/mol. The van der Waals surface area contributed by atoms with Crippen LogP contribution in [0.3, 0.4) is 0 Å². The predicted molar refractivity (Wildman–Crippen MR) is 73.8 cm³/mol. The Morgan fingerprint density at radius 2 is 2.11 bits per heavy atom. The molecule has 1 fully saturated rings. The van der Waals surface area contributed by atoms with Gasteiger partial charge in [-0.15, -0.1) is 11.3 Å². The minimum atomic E-state index is -3.39. The summed E-state index contributed by atoms with van der Waals surface area (Å²) < 4.78 is 37.7. The zero-order valence-corrected chi connectivity index (χ0v) is 12.6. The molecule has 0 aliphatic carbocycles. The van der Waals surface area contributed by atoms with Gasteiger partial charge in [-0.05, 0) is 25.0 Å². The topological polar surface area (TPSA) is 64.6 Å². The number of thiophene rings is 1. The fraction of sp³-hybridized carbons (Fsp3) is 0.667. The van der Waals surface area contributed by atoms with Gasteiger partial charge in [-0.3, -0.25) is 0 Å². The van der Waals surface area contributed by atoms with Gasteiger partial charge in [0.2, 0.25) is 10.0 Å². The Bertz CT molecular complexity index is 492. The van der Waals surface area contributed by atoms with E-state index in [1.807, 2.05) is 13.0 Å². The molecular formula is C12H19NO4S2. The number of nitrogens with one attached hydrogen (secondary N) is 1. The molecule has 0 spiro atoms. The molecule has 1 aromatic heterocycles. The summed E-state index contributed by atoms with van der Waals surface area (Å²) in [4.78, 5) is 1.07. The first-order chi connectivity index (χ1) is 9.12. The largest absolute Gasteiger partial charge is 0.353 e. The average molecular weight is 305 g/mol. The Morgan fingerprint density at radius 1 is 1.37 bits per heavy atom. The van der Waals surface area contributed by atoms with Crippen molar-refractivity contribution in [2.75, 3.05) is 19.8 Å². The Morgan fingerprint density at radius 3 is 2.74 bits per heavy atom. The van der Waals surface area contributed by atoms with Crippen molar-refractivity contribution < 1.29 is 17.9 Å². The minimum absolute atomic E-state index is 0.286. The van der Waals surface area contributed by atoms with Crippen LogP contribution in [0.4, 0.5) is 0 Å². The molecule has 2 rings (SSSR count). The zero-order valence-electron chi connectivity index (χ0n) is 10.9. The summed E-state index contributed by atoms with van der Waals surface area (Å²) in [5.41, 5.74) is 0. The van der Waals surface area contributed by atoms with E-state index in [1.165, 1.54) is 11.3 Å². The van der Waals surface area contributed by atoms with Crippen LogP contribution in [-0.4, -0.2) is 34.5 Å². The zero-order chi connectivity index (χ0) is 13.7. The lowest BCUT2D eigenvalue weighted by molar-refractivity contribution is -0.180. The third-order valence-corrected chi connectivity index (χ3v) is 6.00. The van der Waals surface area contributed by atoms with Crippen molar-refractivity contribution in [2.24, 2.45) is 0 Å². The number of ether oxygens (including phenoxy) is 2. The Hall–Kier alpha value is -0.470. The van der Waals surface area contributed by atoms with E-state index in [0.29, 0.717) is 30.4 Å². The standard InChI is InChI=1S/C12H19NO4S2/c1-2-10-4-5-12(18-10)19(14,15)13-7-6-11-16-8-3-9-17-11/h4-5,11,13H,2-3,6-9H2,1H3. The second kappa shape index (κ2) is 6.81. The van der Waals surface area contributed by atoms with Crippen LogP contribution in [0.15, 0.2) is 16.3 Å². The lowest BCUT2D eigenvalue weighted by Crippen LogP contribution is -2.31. The van der Waals surface area contributed by atoms with Gasteiger partial charge in [0.1, 0.15) is 4.21 Å². The first kappa shape index (κ1) is 14.9. The lowest BCUT2D eigenvalue weighted by Gasteiger charge is -2.23. The van der Waals surface area contributed by atoms with Crippen LogP contribution in [0.1, 0.15) is 24.6 Å². The van der Waals surface area contributed by atoms with Crippen LogP contribution < -0.4 is 4.72 Å². The molecule has 0 aromatic carbocycles. The fourth-order valence-corrected chi connectivity index (χ4v) is 4.17. The van der Waals surface area contributed by atoms with E-state index in [9.17, 15) is 8.42 Å². The Balaban J connectivity index is 1.83. The van der Waals surface area contributed by atoms with Gasteiger partial charge in [-0.2, -0.15) is 0 Å². The van der Waals surface area contributed by atoms with E-state index in [-0.39, 0.29) is 6.29 Å². The molecule has 0 bridgehead atoms. The summed E-state index contributed by atoms with van der Waals surface area (Å²) in [7, 11) is -3.39. The van der Waals surface area contributed by atoms with E-state index in [4.69, 9.17) is 9.47 Å². The molecule has 108 valence electrons. The maximum atomic E-state index is 12.0. The van der Waals surface area contributed by atoms with E-state index >= 15 is 0 Å². The third kappa shape index (κ3) is 4.25. The molecule has 1 aromatic rings. The van der Waals surface area contributed by atoms with Gasteiger partial charge in [-0.25, -0.2) is 13.1 Å². The molecule has 0 radical (unpaired) electrons. The van der Waals surface area contributed by atoms with Crippen molar-refractivity contribution in [3.8, 4) is 0 Å². The van der Waals surface area contributed by atoms with Gasteiger partial charge in [-0.1, -0.05) is 6.92 Å². The highest BCUT2D eigenvalue weighted by molar-refractivity contribution is 7.91. The van der Waals surface area contributed by atoms with Gasteiger partial charge in [0, 0.05) is 17.8 Å². The van der Waals surface area contributed by atoms with Gasteiger partial charge in [0.05, 0.1) is 13.2 Å². The molecule has 0 atom stereocenters. The van der Waals surface area contributed by atoms with E-state index in [2.05, 4.69) is 4.72 Å². The third-order valence-electron chi connectivity index (χ3n) is 2.82. The van der Waals surface area contributed by atoms with Crippen molar-refractivity contribution in [3.63, 3.8) is 0 Å². The molecule has 1 aliphatic heterocycles. The van der Waals surface area contributed by atoms with E-state index < -0.39 is 10.0 Å². The molecule has 0 saturated carbocycles. The fourth-order valence-electron chi connectivity index (χ4n) is 1.78. The highest BCUT2D eigenvalue weighted by atomic mass is 32.2. The van der Waals surface area contributed by atoms with Crippen molar-refractivity contribution in [2.45, 2.75) is 36.7 Å². The molecule has 19 heavy (non-hydrogen) atoms. The van der Waals surface area contributed by atoms with E-state index in [0.717, 1.165) is 17.7 Å². The number of sulfonamides is 1. The SMILES string of the molecule is CCc1ccc(S(=O)(=O)NCCC2OCCCO2)s1. The second-order valence-corrected chi connectivity index (χ2v) is 7.45. The van der Waals surface area contributed by atoms with Gasteiger partial charge in [0.15, 0.2) is 6.29 Å². The summed E-state index contributed by atoms with van der Waals surface area (Å²) in [5, 5.41) is 0. The van der Waals surface area contributed by atoms with Crippen LogP contribution in [0.25, 0.3) is 0 Å². The van der Waals surface area contributed by atoms with Crippen molar-refractivity contribution >= 4 is 21.4 Å². The highest BCUT2D eigenvalue weighted by Crippen LogP contribution is 2.21. The molecule has 7 heteroatoms. The predicted octanol–water partition coefficient (Wildman–Crippen LogP) is 1.74. The van der Waals surface area contributed by atoms with Crippen LogP contribution in [0.5, 0.6) is 0 Å². The first-order valence-corrected chi connectivity index (χ1v) is 8.73. The van der Waals surface area contributed by atoms with Gasteiger partial charge in [0.25, 0.3) is 0 Å². The quantitative estimate of drug-likeness (QED) is 0.869. The molecule has 5 nitrogen and oxygen atoms in total. The Kier molecular flexibility index (Phi) is 5.35. The van der Waals surface area contributed by atoms with Gasteiger partial charge < -0.3 is 9.47 Å². The maximum Gasteiger partial charge on any atom is 0.250 e. The summed E-state index contributed by atoms with van der Waals surface area (Å²) in [5.74, 6) is 0. The maximum absolute atomic E-state index is 12.0. The molecule has 1 aliphatic rings. The van der Waals surface area contributed by atoms with Crippen LogP contribution in [-0.2, 0) is 25.9 Å². The van der Waals surface area contributed by atoms with Crippen LogP contribution in [0, 0.1) is 0 Å². The molecule has 1 saturated heterocycles. The first-order valence-electron chi connectivity index (χ1n) is 6.43. The van der Waals surface area contributed by atoms with Crippen molar-refractivity contribution in [1.82, 2.24) is 4.72 Å².